The van der Waals surface area contributed by atoms with Crippen LogP contribution in [0.1, 0.15) is 323 Å². The lowest BCUT2D eigenvalue weighted by molar-refractivity contribution is -0.167. The van der Waals surface area contributed by atoms with Gasteiger partial charge in [-0.2, -0.15) is 0 Å². The van der Waals surface area contributed by atoms with Gasteiger partial charge in [-0.1, -0.05) is 263 Å². The van der Waals surface area contributed by atoms with E-state index >= 15 is 0 Å². The Bertz CT molecular complexity index is 1140. The molecule has 398 valence electrons. The van der Waals surface area contributed by atoms with E-state index < -0.39 is 6.10 Å². The van der Waals surface area contributed by atoms with E-state index in [-0.39, 0.29) is 31.1 Å². The van der Waals surface area contributed by atoms with Crippen molar-refractivity contribution in [3.8, 4) is 0 Å². The van der Waals surface area contributed by atoms with E-state index in [0.717, 1.165) is 64.2 Å². The highest BCUT2D eigenvalue weighted by Crippen LogP contribution is 2.16. The summed E-state index contributed by atoms with van der Waals surface area (Å²) in [6, 6.07) is 0. The molecule has 0 aliphatic heterocycles. The summed E-state index contributed by atoms with van der Waals surface area (Å²) >= 11 is 0. The van der Waals surface area contributed by atoms with E-state index in [2.05, 4.69) is 57.2 Å². The second kappa shape index (κ2) is 57.2. The minimum absolute atomic E-state index is 0.0703. The van der Waals surface area contributed by atoms with Crippen molar-refractivity contribution >= 4 is 17.9 Å². The van der Waals surface area contributed by atoms with Gasteiger partial charge < -0.3 is 14.2 Å². The van der Waals surface area contributed by atoms with E-state index in [9.17, 15) is 14.4 Å². The molecule has 0 aromatic heterocycles. The molecule has 0 amide bonds. The highest BCUT2D eigenvalue weighted by Gasteiger charge is 2.19. The molecule has 0 aliphatic carbocycles. The first kappa shape index (κ1) is 65.6. The van der Waals surface area contributed by atoms with Gasteiger partial charge in [0.1, 0.15) is 13.2 Å². The maximum Gasteiger partial charge on any atom is 0.306 e. The monoisotopic (exact) mass is 955 g/mol. The second-order valence-corrected chi connectivity index (χ2v) is 20.3. The molecule has 0 rings (SSSR count). The van der Waals surface area contributed by atoms with Gasteiger partial charge in [-0.3, -0.25) is 14.4 Å². The molecular formula is C62H114O6. The average molecular weight is 956 g/mol. The molecule has 0 N–H and O–H groups in total. The molecule has 0 aromatic carbocycles. The van der Waals surface area contributed by atoms with Gasteiger partial charge in [0.2, 0.25) is 0 Å². The Morgan fingerprint density at radius 1 is 0.294 bits per heavy atom. The van der Waals surface area contributed by atoms with Gasteiger partial charge in [0, 0.05) is 19.3 Å². The van der Waals surface area contributed by atoms with Gasteiger partial charge in [-0.15, -0.1) is 0 Å². The molecule has 0 saturated carbocycles. The van der Waals surface area contributed by atoms with Crippen molar-refractivity contribution < 1.29 is 28.6 Å². The Kier molecular flexibility index (Phi) is 55.2. The van der Waals surface area contributed by atoms with E-state index in [1.54, 1.807) is 0 Å². The number of rotatable bonds is 55. The van der Waals surface area contributed by atoms with Gasteiger partial charge in [-0.25, -0.2) is 0 Å². The maximum absolute atomic E-state index is 12.9. The molecule has 0 radical (unpaired) electrons. The summed E-state index contributed by atoms with van der Waals surface area (Å²) in [6.45, 7) is 6.65. The number of hydrogen-bond acceptors (Lipinski definition) is 6. The third-order valence-electron chi connectivity index (χ3n) is 13.4. The molecule has 6 heteroatoms. The summed E-state index contributed by atoms with van der Waals surface area (Å²) in [7, 11) is 0. The Balaban J connectivity index is 4.31. The lowest BCUT2D eigenvalue weighted by Crippen LogP contribution is -2.30. The van der Waals surface area contributed by atoms with Crippen molar-refractivity contribution in [3.05, 3.63) is 36.5 Å². The Morgan fingerprint density at radius 3 is 0.853 bits per heavy atom. The Morgan fingerprint density at radius 2 is 0.529 bits per heavy atom. The third-order valence-corrected chi connectivity index (χ3v) is 13.4. The largest absolute Gasteiger partial charge is 0.462 e. The fourth-order valence-electron chi connectivity index (χ4n) is 8.82. The molecule has 1 unspecified atom stereocenters. The average Bonchev–Trinajstić information content (AvgIpc) is 3.34. The predicted octanol–water partition coefficient (Wildman–Crippen LogP) is 20.0. The van der Waals surface area contributed by atoms with Crippen LogP contribution in [-0.4, -0.2) is 37.2 Å². The summed E-state index contributed by atoms with van der Waals surface area (Å²) in [5.41, 5.74) is 0. The van der Waals surface area contributed by atoms with Crippen LogP contribution in [0.15, 0.2) is 36.5 Å². The molecule has 0 saturated heterocycles. The van der Waals surface area contributed by atoms with Crippen molar-refractivity contribution in [2.75, 3.05) is 13.2 Å². The zero-order valence-electron chi connectivity index (χ0n) is 45.6. The smallest absolute Gasteiger partial charge is 0.306 e. The van der Waals surface area contributed by atoms with Crippen molar-refractivity contribution in [2.45, 2.75) is 329 Å². The van der Waals surface area contributed by atoms with Crippen molar-refractivity contribution in [1.82, 2.24) is 0 Å². The lowest BCUT2D eigenvalue weighted by atomic mass is 10.0. The summed E-state index contributed by atoms with van der Waals surface area (Å²) in [5.74, 6) is -0.858. The van der Waals surface area contributed by atoms with Gasteiger partial charge in [0.05, 0.1) is 0 Å². The number of carbonyl (C=O) groups is 3. The number of carbonyl (C=O) groups excluding carboxylic acids is 3. The number of unbranched alkanes of at least 4 members (excludes halogenated alkanes) is 38. The molecule has 0 bridgehead atoms. The second-order valence-electron chi connectivity index (χ2n) is 20.3. The minimum Gasteiger partial charge on any atom is -0.462 e. The summed E-state index contributed by atoms with van der Waals surface area (Å²) in [5, 5.41) is 0. The van der Waals surface area contributed by atoms with Gasteiger partial charge in [0.25, 0.3) is 0 Å². The molecule has 0 aromatic rings. The quantitative estimate of drug-likeness (QED) is 0.0262. The summed E-state index contributed by atoms with van der Waals surface area (Å²) in [4.78, 5) is 38.2. The van der Waals surface area contributed by atoms with Crippen LogP contribution in [-0.2, 0) is 28.6 Å². The summed E-state index contributed by atoms with van der Waals surface area (Å²) in [6.07, 6.45) is 68.5. The van der Waals surface area contributed by atoms with E-state index in [4.69, 9.17) is 14.2 Å². The van der Waals surface area contributed by atoms with E-state index in [1.807, 2.05) is 0 Å². The van der Waals surface area contributed by atoms with Crippen molar-refractivity contribution in [1.29, 1.82) is 0 Å². The van der Waals surface area contributed by atoms with Crippen LogP contribution in [0.4, 0.5) is 0 Å². The minimum atomic E-state index is -0.772. The maximum atomic E-state index is 12.9. The standard InChI is InChI=1S/C62H114O6/c1-4-7-10-13-16-19-22-25-27-29-31-33-35-37-40-43-46-49-52-55-61(64)67-58-59(57-66-60(63)54-51-48-45-42-39-24-21-18-15-12-9-6-3)68-62(65)56-53-50-47-44-41-38-36-34-32-30-28-26-23-20-17-14-11-8-5-2/h16,19,25-28,59H,4-15,17-18,20-24,29-58H2,1-3H3/b19-16-,27-25-,28-26-. The van der Waals surface area contributed by atoms with E-state index in [1.165, 1.54) is 218 Å². The topological polar surface area (TPSA) is 78.9 Å². The predicted molar refractivity (Wildman–Crippen MR) is 293 cm³/mol. The number of hydrogen-bond donors (Lipinski definition) is 0. The van der Waals surface area contributed by atoms with Gasteiger partial charge >= 0.3 is 17.9 Å². The Hall–Kier alpha value is -2.37. The zero-order valence-corrected chi connectivity index (χ0v) is 45.6. The van der Waals surface area contributed by atoms with Crippen molar-refractivity contribution in [2.24, 2.45) is 0 Å². The molecule has 1 atom stereocenters. The van der Waals surface area contributed by atoms with Gasteiger partial charge in [-0.05, 0) is 77.0 Å². The number of allylic oxidation sites excluding steroid dienone is 6. The van der Waals surface area contributed by atoms with Crippen LogP contribution in [0, 0.1) is 0 Å². The number of esters is 3. The fourth-order valence-corrected chi connectivity index (χ4v) is 8.82. The highest BCUT2D eigenvalue weighted by molar-refractivity contribution is 5.71. The number of ether oxygens (including phenoxy) is 3. The molecule has 0 aliphatic rings. The molecule has 0 fully saturated rings. The zero-order chi connectivity index (χ0) is 49.3. The fraction of sp³-hybridized carbons (Fsp3) is 0.855. The third kappa shape index (κ3) is 54.6. The van der Waals surface area contributed by atoms with Crippen LogP contribution >= 0.6 is 0 Å². The molecule has 68 heavy (non-hydrogen) atoms. The summed E-state index contributed by atoms with van der Waals surface area (Å²) < 4.78 is 16.9. The first-order chi connectivity index (χ1) is 33.5. The molecule has 0 spiro atoms. The van der Waals surface area contributed by atoms with Crippen LogP contribution in [0.2, 0.25) is 0 Å². The van der Waals surface area contributed by atoms with E-state index in [0.29, 0.717) is 19.3 Å². The molecular weight excluding hydrogens is 841 g/mol. The Labute approximate surface area is 423 Å². The first-order valence-electron chi connectivity index (χ1n) is 30.0. The van der Waals surface area contributed by atoms with Crippen LogP contribution in [0.25, 0.3) is 0 Å². The highest BCUT2D eigenvalue weighted by atomic mass is 16.6. The normalized spacial score (nSPS) is 12.2. The van der Waals surface area contributed by atoms with Crippen LogP contribution in [0.5, 0.6) is 0 Å². The lowest BCUT2D eigenvalue weighted by Gasteiger charge is -2.18. The van der Waals surface area contributed by atoms with Crippen molar-refractivity contribution in [3.63, 3.8) is 0 Å². The molecule has 6 nitrogen and oxygen atoms in total. The van der Waals surface area contributed by atoms with Crippen LogP contribution in [0.3, 0.4) is 0 Å². The SMILES string of the molecule is CCCCC/C=C\C/C=C\CCCCCCCCCCCC(=O)OCC(COC(=O)CCCCCCCCCCCCCC)OC(=O)CCCCCCCCCCC/C=C\CCCCCCCC. The molecule has 0 heterocycles. The van der Waals surface area contributed by atoms with Crippen LogP contribution < -0.4 is 0 Å². The van der Waals surface area contributed by atoms with Gasteiger partial charge in [0.15, 0.2) is 6.10 Å². The first-order valence-corrected chi connectivity index (χ1v) is 30.0.